The topological polar surface area (TPSA) is 86.7 Å². The number of rotatable bonds is 4. The van der Waals surface area contributed by atoms with E-state index in [1.807, 2.05) is 31.2 Å². The lowest BCUT2D eigenvalue weighted by Crippen LogP contribution is -2.35. The lowest BCUT2D eigenvalue weighted by molar-refractivity contribution is -0.121. The van der Waals surface area contributed by atoms with Crippen LogP contribution in [0.1, 0.15) is 27.9 Å². The Balaban J connectivity index is 1.89. The SMILES string of the molecule is Cc1cccc(N[C@@H]2CC(=O)N(c3cc(C(=O)O)ccc3C)C2=O)c1. The van der Waals surface area contributed by atoms with Crippen molar-refractivity contribution in [3.63, 3.8) is 0 Å². The third kappa shape index (κ3) is 3.24. The minimum atomic E-state index is -1.10. The molecule has 6 heteroatoms. The van der Waals surface area contributed by atoms with Gasteiger partial charge in [0.25, 0.3) is 5.91 Å². The summed E-state index contributed by atoms with van der Waals surface area (Å²) in [7, 11) is 0. The van der Waals surface area contributed by atoms with E-state index in [9.17, 15) is 14.4 Å². The van der Waals surface area contributed by atoms with Gasteiger partial charge >= 0.3 is 5.97 Å². The fraction of sp³-hybridized carbons (Fsp3) is 0.211. The summed E-state index contributed by atoms with van der Waals surface area (Å²) in [5, 5.41) is 12.2. The molecule has 0 aliphatic carbocycles. The lowest BCUT2D eigenvalue weighted by atomic mass is 10.1. The van der Waals surface area contributed by atoms with Crippen LogP contribution in [0.4, 0.5) is 11.4 Å². The van der Waals surface area contributed by atoms with Gasteiger partial charge in [-0.3, -0.25) is 9.59 Å². The van der Waals surface area contributed by atoms with Crippen LogP contribution in [0.3, 0.4) is 0 Å². The zero-order valence-electron chi connectivity index (χ0n) is 13.9. The second kappa shape index (κ2) is 6.39. The van der Waals surface area contributed by atoms with Crippen molar-refractivity contribution in [2.24, 2.45) is 0 Å². The first kappa shape index (κ1) is 16.7. The predicted molar refractivity (Wildman–Crippen MR) is 93.8 cm³/mol. The molecule has 1 fully saturated rings. The molecule has 2 aromatic carbocycles. The number of imide groups is 1. The highest BCUT2D eigenvalue weighted by molar-refractivity contribution is 6.23. The van der Waals surface area contributed by atoms with Crippen molar-refractivity contribution < 1.29 is 19.5 Å². The zero-order chi connectivity index (χ0) is 18.1. The second-order valence-corrected chi connectivity index (χ2v) is 6.14. The molecule has 2 aromatic rings. The molecule has 0 radical (unpaired) electrons. The monoisotopic (exact) mass is 338 g/mol. The number of carboxylic acids is 1. The molecule has 6 nitrogen and oxygen atoms in total. The van der Waals surface area contributed by atoms with Gasteiger partial charge in [0.1, 0.15) is 6.04 Å². The molecule has 128 valence electrons. The molecule has 2 N–H and O–H groups in total. The van der Waals surface area contributed by atoms with Gasteiger partial charge in [0, 0.05) is 5.69 Å². The van der Waals surface area contributed by atoms with E-state index in [2.05, 4.69) is 5.32 Å². The molecule has 3 rings (SSSR count). The van der Waals surface area contributed by atoms with Crippen LogP contribution >= 0.6 is 0 Å². The van der Waals surface area contributed by atoms with Crippen LogP contribution in [0.15, 0.2) is 42.5 Å². The van der Waals surface area contributed by atoms with Gasteiger partial charge in [-0.25, -0.2) is 9.69 Å². The van der Waals surface area contributed by atoms with Crippen LogP contribution < -0.4 is 10.2 Å². The number of anilines is 2. The molecule has 0 unspecified atom stereocenters. The Morgan fingerprint density at radius 1 is 1.16 bits per heavy atom. The number of aromatic carboxylic acids is 1. The summed E-state index contributed by atoms with van der Waals surface area (Å²) in [6, 6.07) is 11.3. The number of carbonyl (C=O) groups is 3. The Morgan fingerprint density at radius 2 is 1.92 bits per heavy atom. The molecule has 0 aromatic heterocycles. The molecule has 1 aliphatic rings. The molecule has 25 heavy (non-hydrogen) atoms. The van der Waals surface area contributed by atoms with Gasteiger partial charge in [-0.1, -0.05) is 18.2 Å². The number of benzene rings is 2. The first-order chi connectivity index (χ1) is 11.9. The van der Waals surface area contributed by atoms with E-state index in [-0.39, 0.29) is 23.8 Å². The third-order valence-corrected chi connectivity index (χ3v) is 4.20. The maximum Gasteiger partial charge on any atom is 0.335 e. The Hall–Kier alpha value is -3.15. The third-order valence-electron chi connectivity index (χ3n) is 4.20. The lowest BCUT2D eigenvalue weighted by Gasteiger charge is -2.18. The Bertz CT molecular complexity index is 875. The second-order valence-electron chi connectivity index (χ2n) is 6.14. The number of carboxylic acid groups (broad SMARTS) is 1. The maximum absolute atomic E-state index is 12.7. The molecule has 0 bridgehead atoms. The highest BCUT2D eigenvalue weighted by atomic mass is 16.4. The van der Waals surface area contributed by atoms with Gasteiger partial charge in [-0.05, 0) is 49.2 Å². The number of carbonyl (C=O) groups excluding carboxylic acids is 2. The summed E-state index contributed by atoms with van der Waals surface area (Å²) in [6.45, 7) is 3.68. The van der Waals surface area contributed by atoms with Crippen molar-refractivity contribution in [1.82, 2.24) is 0 Å². The van der Waals surface area contributed by atoms with Crippen molar-refractivity contribution in [3.8, 4) is 0 Å². The van der Waals surface area contributed by atoms with Gasteiger partial charge in [0.2, 0.25) is 5.91 Å². The average molecular weight is 338 g/mol. The van der Waals surface area contributed by atoms with Crippen molar-refractivity contribution in [1.29, 1.82) is 0 Å². The predicted octanol–water partition coefficient (Wildman–Crippen LogP) is 2.75. The van der Waals surface area contributed by atoms with Crippen LogP contribution in [0.5, 0.6) is 0 Å². The summed E-state index contributed by atoms with van der Waals surface area (Å²) in [5.41, 5.74) is 2.84. The number of hydrogen-bond acceptors (Lipinski definition) is 4. The number of nitrogens with zero attached hydrogens (tertiary/aromatic N) is 1. The van der Waals surface area contributed by atoms with E-state index < -0.39 is 12.0 Å². The summed E-state index contributed by atoms with van der Waals surface area (Å²) >= 11 is 0. The highest BCUT2D eigenvalue weighted by Crippen LogP contribution is 2.29. The summed E-state index contributed by atoms with van der Waals surface area (Å²) < 4.78 is 0. The summed E-state index contributed by atoms with van der Waals surface area (Å²) in [5.74, 6) is -1.83. The molecule has 2 amide bonds. The van der Waals surface area contributed by atoms with E-state index in [1.54, 1.807) is 13.0 Å². The van der Waals surface area contributed by atoms with Crippen molar-refractivity contribution in [2.75, 3.05) is 10.2 Å². The molecular formula is C19H18N2O4. The fourth-order valence-corrected chi connectivity index (χ4v) is 2.92. The number of hydrogen-bond donors (Lipinski definition) is 2. The molecule has 1 atom stereocenters. The normalized spacial score (nSPS) is 17.0. The van der Waals surface area contributed by atoms with Crippen LogP contribution in [0.25, 0.3) is 0 Å². The van der Waals surface area contributed by atoms with Gasteiger partial charge in [-0.15, -0.1) is 0 Å². The molecule has 1 aliphatic heterocycles. The first-order valence-electron chi connectivity index (χ1n) is 7.91. The highest BCUT2D eigenvalue weighted by Gasteiger charge is 2.40. The summed E-state index contributed by atoms with van der Waals surface area (Å²) in [6.07, 6.45) is 0.0313. The van der Waals surface area contributed by atoms with E-state index in [0.717, 1.165) is 16.2 Å². The van der Waals surface area contributed by atoms with Crippen molar-refractivity contribution >= 4 is 29.2 Å². The van der Waals surface area contributed by atoms with Gasteiger partial charge in [0.15, 0.2) is 0 Å². The van der Waals surface area contributed by atoms with Crippen LogP contribution in [0.2, 0.25) is 0 Å². The smallest absolute Gasteiger partial charge is 0.335 e. The van der Waals surface area contributed by atoms with Crippen LogP contribution in [0, 0.1) is 13.8 Å². The quantitative estimate of drug-likeness (QED) is 0.837. The van der Waals surface area contributed by atoms with Gasteiger partial charge in [-0.2, -0.15) is 0 Å². The molecule has 0 saturated carbocycles. The van der Waals surface area contributed by atoms with E-state index in [1.165, 1.54) is 12.1 Å². The number of nitrogens with one attached hydrogen (secondary N) is 1. The molecule has 1 saturated heterocycles. The molecule has 1 heterocycles. The number of amides is 2. The van der Waals surface area contributed by atoms with Gasteiger partial charge in [0.05, 0.1) is 17.7 Å². The van der Waals surface area contributed by atoms with Crippen molar-refractivity contribution in [2.45, 2.75) is 26.3 Å². The van der Waals surface area contributed by atoms with Crippen LogP contribution in [-0.2, 0) is 9.59 Å². The maximum atomic E-state index is 12.7. The first-order valence-corrected chi connectivity index (χ1v) is 7.91. The van der Waals surface area contributed by atoms with Crippen molar-refractivity contribution in [3.05, 3.63) is 59.2 Å². The fourth-order valence-electron chi connectivity index (χ4n) is 2.92. The van der Waals surface area contributed by atoms with E-state index in [4.69, 9.17) is 5.11 Å². The van der Waals surface area contributed by atoms with Gasteiger partial charge < -0.3 is 10.4 Å². The Morgan fingerprint density at radius 3 is 2.60 bits per heavy atom. The van der Waals surface area contributed by atoms with E-state index in [0.29, 0.717) is 11.3 Å². The number of aryl methyl sites for hydroxylation is 2. The summed E-state index contributed by atoms with van der Waals surface area (Å²) in [4.78, 5) is 37.4. The van der Waals surface area contributed by atoms with E-state index >= 15 is 0 Å². The van der Waals surface area contributed by atoms with Crippen LogP contribution in [-0.4, -0.2) is 28.9 Å². The molecule has 0 spiro atoms. The average Bonchev–Trinajstić information content (AvgIpc) is 2.82. The Kier molecular flexibility index (Phi) is 4.27. The minimum absolute atomic E-state index is 0.0313. The minimum Gasteiger partial charge on any atom is -0.478 e. The largest absolute Gasteiger partial charge is 0.478 e. The molecular weight excluding hydrogens is 320 g/mol. The Labute approximate surface area is 145 Å². The standard InChI is InChI=1S/C19H18N2O4/c1-11-4-3-5-14(8-11)20-15-10-17(22)21(18(15)23)16-9-13(19(24)25)7-6-12(16)2/h3-9,15,20H,10H2,1-2H3,(H,24,25)/t15-/m1/s1. The zero-order valence-corrected chi connectivity index (χ0v) is 13.9.